The van der Waals surface area contributed by atoms with Gasteiger partial charge in [0.1, 0.15) is 5.82 Å². The first-order chi connectivity index (χ1) is 8.28. The molecule has 3 N–H and O–H groups in total. The molecule has 1 aliphatic heterocycles. The lowest BCUT2D eigenvalue weighted by molar-refractivity contribution is -0.119. The van der Waals surface area contributed by atoms with Crippen LogP contribution in [-0.4, -0.2) is 30.0 Å². The molecule has 0 aliphatic carbocycles. The number of anilines is 2. The molecule has 2 heterocycles. The molecule has 1 aromatic rings. The fourth-order valence-electron chi connectivity index (χ4n) is 1.81. The molecule has 0 spiro atoms. The Balaban J connectivity index is 1.93. The number of carbonyl (C=O) groups is 1. The first-order valence-electron chi connectivity index (χ1n) is 6.01. The van der Waals surface area contributed by atoms with E-state index >= 15 is 0 Å². The van der Waals surface area contributed by atoms with Crippen molar-refractivity contribution in [3.63, 3.8) is 0 Å². The molecule has 1 saturated heterocycles. The van der Waals surface area contributed by atoms with Crippen LogP contribution in [0.5, 0.6) is 0 Å². The maximum Gasteiger partial charge on any atom is 0.222 e. The molecule has 0 bridgehead atoms. The minimum absolute atomic E-state index is 0.112. The van der Waals surface area contributed by atoms with Crippen molar-refractivity contribution >= 4 is 17.4 Å². The van der Waals surface area contributed by atoms with E-state index in [0.29, 0.717) is 13.0 Å². The fourth-order valence-corrected chi connectivity index (χ4v) is 1.81. The van der Waals surface area contributed by atoms with Crippen LogP contribution in [0.2, 0.25) is 0 Å². The number of hydrogen-bond acceptors (Lipinski definition) is 4. The zero-order valence-electron chi connectivity index (χ0n) is 9.99. The van der Waals surface area contributed by atoms with Crippen molar-refractivity contribution in [2.45, 2.75) is 25.8 Å². The van der Waals surface area contributed by atoms with Crippen LogP contribution in [-0.2, 0) is 4.79 Å². The Hall–Kier alpha value is -1.78. The molecule has 1 aliphatic rings. The van der Waals surface area contributed by atoms with Gasteiger partial charge in [-0.05, 0) is 12.5 Å². The Labute approximate surface area is 101 Å². The van der Waals surface area contributed by atoms with Crippen molar-refractivity contribution in [2.75, 3.05) is 23.7 Å². The summed E-state index contributed by atoms with van der Waals surface area (Å²) in [6.07, 6.45) is 3.38. The number of nitrogens with one attached hydrogen (secondary N) is 3. The Morgan fingerprint density at radius 3 is 3.18 bits per heavy atom. The van der Waals surface area contributed by atoms with E-state index < -0.39 is 0 Å². The predicted octanol–water partition coefficient (Wildman–Crippen LogP) is 1.20. The maximum absolute atomic E-state index is 11.1. The van der Waals surface area contributed by atoms with Crippen LogP contribution in [0.4, 0.5) is 11.5 Å². The largest absolute Gasteiger partial charge is 0.380 e. The van der Waals surface area contributed by atoms with E-state index in [1.807, 2.05) is 12.1 Å². The molecule has 2 rings (SSSR count). The van der Waals surface area contributed by atoms with E-state index in [4.69, 9.17) is 0 Å². The molecule has 0 saturated carbocycles. The Morgan fingerprint density at radius 2 is 2.47 bits per heavy atom. The maximum atomic E-state index is 11.1. The van der Waals surface area contributed by atoms with Gasteiger partial charge >= 0.3 is 0 Å². The first kappa shape index (κ1) is 11.7. The van der Waals surface area contributed by atoms with Crippen LogP contribution in [0.3, 0.4) is 0 Å². The second-order valence-corrected chi connectivity index (χ2v) is 4.21. The van der Waals surface area contributed by atoms with Gasteiger partial charge in [0.15, 0.2) is 0 Å². The van der Waals surface area contributed by atoms with Crippen LogP contribution in [0.15, 0.2) is 18.3 Å². The van der Waals surface area contributed by atoms with Gasteiger partial charge < -0.3 is 16.0 Å². The summed E-state index contributed by atoms with van der Waals surface area (Å²) in [5.41, 5.74) is 1.00. The van der Waals surface area contributed by atoms with E-state index in [-0.39, 0.29) is 11.9 Å². The molecule has 5 heteroatoms. The summed E-state index contributed by atoms with van der Waals surface area (Å²) in [7, 11) is 0. The van der Waals surface area contributed by atoms with Crippen molar-refractivity contribution in [3.05, 3.63) is 18.3 Å². The molecule has 1 fully saturated rings. The first-order valence-corrected chi connectivity index (χ1v) is 6.01. The van der Waals surface area contributed by atoms with Gasteiger partial charge in [0.2, 0.25) is 5.91 Å². The van der Waals surface area contributed by atoms with Crippen LogP contribution >= 0.6 is 0 Å². The normalized spacial score (nSPS) is 18.9. The van der Waals surface area contributed by atoms with Crippen LogP contribution in [0.25, 0.3) is 0 Å². The van der Waals surface area contributed by atoms with E-state index in [1.54, 1.807) is 6.20 Å². The molecule has 92 valence electrons. The fraction of sp³-hybridized carbons (Fsp3) is 0.500. The summed E-state index contributed by atoms with van der Waals surface area (Å²) in [5.74, 6) is 0.982. The molecular weight excluding hydrogens is 216 g/mol. The summed E-state index contributed by atoms with van der Waals surface area (Å²) in [4.78, 5) is 15.3. The minimum Gasteiger partial charge on any atom is -0.380 e. The van der Waals surface area contributed by atoms with Gasteiger partial charge in [-0.2, -0.15) is 0 Å². The number of nitrogens with zero attached hydrogens (tertiary/aromatic N) is 1. The van der Waals surface area contributed by atoms with Gasteiger partial charge in [0.05, 0.1) is 6.04 Å². The number of aromatic nitrogens is 1. The van der Waals surface area contributed by atoms with Crippen molar-refractivity contribution in [3.8, 4) is 0 Å². The molecule has 1 atom stereocenters. The third-order valence-corrected chi connectivity index (χ3v) is 2.66. The second kappa shape index (κ2) is 5.52. The average molecular weight is 234 g/mol. The summed E-state index contributed by atoms with van der Waals surface area (Å²) in [6.45, 7) is 3.73. The quantitative estimate of drug-likeness (QED) is 0.716. The standard InChI is InChI=1S/C12H18N4O/c1-2-4-13-11-6-9(3-5-14-11)16-10-7-12(17)15-8-10/h3,5-6,10H,2,4,7-8H2,1H3,(H,15,17)(H2,13,14,16). The third-order valence-electron chi connectivity index (χ3n) is 2.66. The molecule has 1 amide bonds. The number of rotatable bonds is 5. The van der Waals surface area contributed by atoms with Gasteiger partial charge in [0, 0.05) is 37.5 Å². The summed E-state index contributed by atoms with van der Waals surface area (Å²) in [5, 5.41) is 9.37. The van der Waals surface area contributed by atoms with Crippen molar-refractivity contribution < 1.29 is 4.79 Å². The highest BCUT2D eigenvalue weighted by molar-refractivity contribution is 5.79. The lowest BCUT2D eigenvalue weighted by Gasteiger charge is -2.13. The third kappa shape index (κ3) is 3.34. The van der Waals surface area contributed by atoms with Crippen molar-refractivity contribution in [1.82, 2.24) is 10.3 Å². The Morgan fingerprint density at radius 1 is 1.59 bits per heavy atom. The molecule has 0 aromatic carbocycles. The van der Waals surface area contributed by atoms with Crippen LogP contribution < -0.4 is 16.0 Å². The lowest BCUT2D eigenvalue weighted by atomic mass is 10.2. The molecule has 1 unspecified atom stereocenters. The number of carbonyl (C=O) groups excluding carboxylic acids is 1. The van der Waals surface area contributed by atoms with E-state index in [0.717, 1.165) is 24.5 Å². The summed E-state index contributed by atoms with van der Waals surface area (Å²) < 4.78 is 0. The minimum atomic E-state index is 0.112. The van der Waals surface area contributed by atoms with Gasteiger partial charge in [-0.3, -0.25) is 4.79 Å². The summed E-state index contributed by atoms with van der Waals surface area (Å²) >= 11 is 0. The van der Waals surface area contributed by atoms with Gasteiger partial charge in [-0.25, -0.2) is 4.98 Å². The van der Waals surface area contributed by atoms with E-state index in [2.05, 4.69) is 27.9 Å². The predicted molar refractivity (Wildman–Crippen MR) is 68.1 cm³/mol. The zero-order valence-corrected chi connectivity index (χ0v) is 9.99. The topological polar surface area (TPSA) is 66.0 Å². The Bertz CT molecular complexity index is 394. The zero-order chi connectivity index (χ0) is 12.1. The van der Waals surface area contributed by atoms with Gasteiger partial charge in [-0.15, -0.1) is 0 Å². The highest BCUT2D eigenvalue weighted by Gasteiger charge is 2.20. The van der Waals surface area contributed by atoms with E-state index in [1.165, 1.54) is 0 Å². The van der Waals surface area contributed by atoms with Gasteiger partial charge in [-0.1, -0.05) is 6.92 Å². The molecule has 5 nitrogen and oxygen atoms in total. The summed E-state index contributed by atoms with van der Waals surface area (Å²) in [6, 6.07) is 4.07. The highest BCUT2D eigenvalue weighted by atomic mass is 16.1. The average Bonchev–Trinajstić information content (AvgIpc) is 2.73. The molecule has 1 aromatic heterocycles. The lowest BCUT2D eigenvalue weighted by Crippen LogP contribution is -2.22. The van der Waals surface area contributed by atoms with Crippen molar-refractivity contribution in [2.24, 2.45) is 0 Å². The van der Waals surface area contributed by atoms with Gasteiger partial charge in [0.25, 0.3) is 0 Å². The van der Waals surface area contributed by atoms with Crippen molar-refractivity contribution in [1.29, 1.82) is 0 Å². The monoisotopic (exact) mass is 234 g/mol. The van der Waals surface area contributed by atoms with E-state index in [9.17, 15) is 4.79 Å². The Kier molecular flexibility index (Phi) is 3.80. The SMILES string of the molecule is CCCNc1cc(NC2CNC(=O)C2)ccn1. The smallest absolute Gasteiger partial charge is 0.222 e. The molecule has 0 radical (unpaired) electrons. The number of amides is 1. The number of pyridine rings is 1. The molecule has 17 heavy (non-hydrogen) atoms. The molecular formula is C12H18N4O. The second-order valence-electron chi connectivity index (χ2n) is 4.21. The highest BCUT2D eigenvalue weighted by Crippen LogP contribution is 2.15. The van der Waals surface area contributed by atoms with Crippen LogP contribution in [0.1, 0.15) is 19.8 Å². The number of hydrogen-bond donors (Lipinski definition) is 3. The van der Waals surface area contributed by atoms with Crippen LogP contribution in [0, 0.1) is 0 Å².